The first-order valence-corrected chi connectivity index (χ1v) is 8.63. The fraction of sp³-hybridized carbons (Fsp3) is 0.800. The summed E-state index contributed by atoms with van der Waals surface area (Å²) >= 11 is 0. The van der Waals surface area contributed by atoms with Gasteiger partial charge in [-0.05, 0) is 66.6 Å². The van der Waals surface area contributed by atoms with E-state index in [2.05, 4.69) is 46.4 Å². The number of allylic oxidation sites excluding steroid dienone is 3. The standard InChI is InChI=1S/C20H32/c1-6-19(4)13-10-16-15(14-19)8-9-17-18(2,3)11-7-12-20(16,17)5/h6,8,16-17H,1,7,9-14H2,2-5H3/t16-,17?,19+,20-/m1/s1. The third-order valence-corrected chi connectivity index (χ3v) is 7.24. The van der Waals surface area contributed by atoms with Crippen LogP contribution in [0.25, 0.3) is 0 Å². The molecule has 2 fully saturated rings. The fourth-order valence-electron chi connectivity index (χ4n) is 5.92. The van der Waals surface area contributed by atoms with E-state index in [1.807, 2.05) is 0 Å². The highest BCUT2D eigenvalue weighted by molar-refractivity contribution is 5.24. The zero-order valence-electron chi connectivity index (χ0n) is 14.0. The predicted octanol–water partition coefficient (Wildman–Crippen LogP) is 6.14. The second-order valence-corrected chi connectivity index (χ2v) is 9.04. The van der Waals surface area contributed by atoms with E-state index >= 15 is 0 Å². The monoisotopic (exact) mass is 272 g/mol. The average molecular weight is 272 g/mol. The van der Waals surface area contributed by atoms with Crippen LogP contribution in [0.2, 0.25) is 0 Å². The topological polar surface area (TPSA) is 0 Å². The molecule has 0 nitrogen and oxygen atoms in total. The summed E-state index contributed by atoms with van der Waals surface area (Å²) in [5.41, 5.74) is 3.23. The van der Waals surface area contributed by atoms with Crippen molar-refractivity contribution in [1.29, 1.82) is 0 Å². The molecule has 0 heteroatoms. The van der Waals surface area contributed by atoms with Crippen LogP contribution in [0.5, 0.6) is 0 Å². The van der Waals surface area contributed by atoms with Gasteiger partial charge >= 0.3 is 0 Å². The third kappa shape index (κ3) is 2.02. The van der Waals surface area contributed by atoms with Gasteiger partial charge in [0.05, 0.1) is 0 Å². The number of hydrogen-bond acceptors (Lipinski definition) is 0. The summed E-state index contributed by atoms with van der Waals surface area (Å²) < 4.78 is 0. The second kappa shape index (κ2) is 4.49. The van der Waals surface area contributed by atoms with Crippen molar-refractivity contribution >= 4 is 0 Å². The van der Waals surface area contributed by atoms with E-state index in [1.54, 1.807) is 5.57 Å². The highest BCUT2D eigenvalue weighted by atomic mass is 14.6. The minimum atomic E-state index is 0.357. The molecule has 0 heterocycles. The van der Waals surface area contributed by atoms with Crippen molar-refractivity contribution in [1.82, 2.24) is 0 Å². The quantitative estimate of drug-likeness (QED) is 0.503. The van der Waals surface area contributed by atoms with Crippen molar-refractivity contribution < 1.29 is 0 Å². The number of fused-ring (bicyclic) bond motifs is 3. The van der Waals surface area contributed by atoms with Gasteiger partial charge in [-0.3, -0.25) is 0 Å². The molecule has 3 aliphatic rings. The van der Waals surface area contributed by atoms with Gasteiger partial charge in [-0.1, -0.05) is 51.8 Å². The van der Waals surface area contributed by atoms with Crippen molar-refractivity contribution in [2.75, 3.05) is 0 Å². The molecule has 0 aromatic heterocycles. The summed E-state index contributed by atoms with van der Waals surface area (Å²) in [7, 11) is 0. The van der Waals surface area contributed by atoms with Gasteiger partial charge in [-0.15, -0.1) is 6.58 Å². The molecule has 3 rings (SSSR count). The molecule has 112 valence electrons. The molecule has 3 aliphatic carbocycles. The number of rotatable bonds is 1. The van der Waals surface area contributed by atoms with Crippen LogP contribution in [0, 0.1) is 28.1 Å². The molecule has 1 unspecified atom stereocenters. The van der Waals surface area contributed by atoms with Crippen LogP contribution < -0.4 is 0 Å². The Hall–Kier alpha value is -0.520. The first-order chi connectivity index (χ1) is 9.31. The minimum absolute atomic E-state index is 0.357. The highest BCUT2D eigenvalue weighted by Crippen LogP contribution is 2.63. The molecule has 20 heavy (non-hydrogen) atoms. The Morgan fingerprint density at radius 1 is 1.15 bits per heavy atom. The van der Waals surface area contributed by atoms with E-state index in [9.17, 15) is 0 Å². The summed E-state index contributed by atoms with van der Waals surface area (Å²) in [4.78, 5) is 0. The molecule has 0 N–H and O–H groups in total. The van der Waals surface area contributed by atoms with Crippen molar-refractivity contribution in [2.45, 2.75) is 72.6 Å². The molecule has 0 aliphatic heterocycles. The van der Waals surface area contributed by atoms with Gasteiger partial charge in [0, 0.05) is 0 Å². The fourth-order valence-corrected chi connectivity index (χ4v) is 5.92. The molecule has 0 aromatic carbocycles. The Bertz CT molecular complexity index is 441. The van der Waals surface area contributed by atoms with Crippen LogP contribution in [0.4, 0.5) is 0 Å². The van der Waals surface area contributed by atoms with E-state index in [0.717, 1.165) is 11.8 Å². The molecule has 0 spiro atoms. The largest absolute Gasteiger partial charge is 0.103 e. The van der Waals surface area contributed by atoms with Crippen LogP contribution in [0.15, 0.2) is 24.3 Å². The molecule has 4 atom stereocenters. The molecule has 2 saturated carbocycles. The van der Waals surface area contributed by atoms with Gasteiger partial charge in [0.15, 0.2) is 0 Å². The lowest BCUT2D eigenvalue weighted by atomic mass is 9.46. The van der Waals surface area contributed by atoms with Crippen LogP contribution in [0.3, 0.4) is 0 Å². The van der Waals surface area contributed by atoms with E-state index in [-0.39, 0.29) is 0 Å². The maximum atomic E-state index is 4.09. The van der Waals surface area contributed by atoms with Crippen LogP contribution >= 0.6 is 0 Å². The molecular weight excluding hydrogens is 240 g/mol. The predicted molar refractivity (Wildman–Crippen MR) is 87.6 cm³/mol. The van der Waals surface area contributed by atoms with Crippen molar-refractivity contribution in [3.63, 3.8) is 0 Å². The lowest BCUT2D eigenvalue weighted by Gasteiger charge is -2.59. The van der Waals surface area contributed by atoms with Crippen LogP contribution in [0.1, 0.15) is 72.6 Å². The lowest BCUT2D eigenvalue weighted by molar-refractivity contribution is -0.0489. The van der Waals surface area contributed by atoms with Crippen molar-refractivity contribution in [3.8, 4) is 0 Å². The maximum absolute atomic E-state index is 4.09. The molecular formula is C20H32. The van der Waals surface area contributed by atoms with E-state index in [4.69, 9.17) is 0 Å². The normalized spacial score (nSPS) is 46.9. The lowest BCUT2D eigenvalue weighted by Crippen LogP contribution is -2.50. The minimum Gasteiger partial charge on any atom is -0.103 e. The molecule has 0 aromatic rings. The first-order valence-electron chi connectivity index (χ1n) is 8.63. The Morgan fingerprint density at radius 3 is 2.60 bits per heavy atom. The van der Waals surface area contributed by atoms with Gasteiger partial charge in [0.2, 0.25) is 0 Å². The third-order valence-electron chi connectivity index (χ3n) is 7.24. The number of hydrogen-bond donors (Lipinski definition) is 0. The Morgan fingerprint density at radius 2 is 1.90 bits per heavy atom. The molecule has 0 radical (unpaired) electrons. The van der Waals surface area contributed by atoms with E-state index in [0.29, 0.717) is 16.2 Å². The summed E-state index contributed by atoms with van der Waals surface area (Å²) in [5.74, 6) is 1.75. The molecule has 0 amide bonds. The van der Waals surface area contributed by atoms with Crippen molar-refractivity contribution in [3.05, 3.63) is 24.3 Å². The Kier molecular flexibility index (Phi) is 3.23. The Balaban J connectivity index is 1.94. The van der Waals surface area contributed by atoms with Crippen LogP contribution in [-0.4, -0.2) is 0 Å². The maximum Gasteiger partial charge on any atom is -0.0112 e. The first kappa shape index (κ1) is 14.4. The van der Waals surface area contributed by atoms with Crippen LogP contribution in [-0.2, 0) is 0 Å². The summed E-state index contributed by atoms with van der Waals surface area (Å²) in [6.07, 6.45) is 14.5. The van der Waals surface area contributed by atoms with E-state index < -0.39 is 0 Å². The average Bonchev–Trinajstić information content (AvgIpc) is 2.37. The highest BCUT2D eigenvalue weighted by Gasteiger charge is 2.53. The van der Waals surface area contributed by atoms with Gasteiger partial charge < -0.3 is 0 Å². The van der Waals surface area contributed by atoms with Gasteiger partial charge in [0.25, 0.3) is 0 Å². The van der Waals surface area contributed by atoms with Crippen molar-refractivity contribution in [2.24, 2.45) is 28.1 Å². The summed E-state index contributed by atoms with van der Waals surface area (Å²) in [5, 5.41) is 0. The van der Waals surface area contributed by atoms with Gasteiger partial charge in [-0.2, -0.15) is 0 Å². The van der Waals surface area contributed by atoms with E-state index in [1.165, 1.54) is 44.9 Å². The zero-order chi connectivity index (χ0) is 14.6. The van der Waals surface area contributed by atoms with Gasteiger partial charge in [-0.25, -0.2) is 0 Å². The van der Waals surface area contributed by atoms with Gasteiger partial charge in [0.1, 0.15) is 0 Å². The molecule has 0 saturated heterocycles. The smallest absolute Gasteiger partial charge is 0.0112 e. The molecule has 0 bridgehead atoms. The zero-order valence-corrected chi connectivity index (χ0v) is 14.0. The summed E-state index contributed by atoms with van der Waals surface area (Å²) in [6, 6.07) is 0. The Labute approximate surface area is 125 Å². The summed E-state index contributed by atoms with van der Waals surface area (Å²) in [6.45, 7) is 14.1. The SMILES string of the molecule is C=C[C@@]1(C)CC[C@@H]2C(=CCC3C(C)(C)CCC[C@@]32C)C1. The second-order valence-electron chi connectivity index (χ2n) is 9.04.